The summed E-state index contributed by atoms with van der Waals surface area (Å²) in [6, 6.07) is 11.9. The number of pyridine rings is 2. The van der Waals surface area contributed by atoms with E-state index in [2.05, 4.69) is 10.3 Å². The second kappa shape index (κ2) is 9.10. The number of nitrogens with one attached hydrogen (secondary N) is 2. The Hall–Kier alpha value is -4.60. The summed E-state index contributed by atoms with van der Waals surface area (Å²) in [5.41, 5.74) is -1.18. The van der Waals surface area contributed by atoms with Crippen LogP contribution in [0.3, 0.4) is 0 Å². The van der Waals surface area contributed by atoms with Gasteiger partial charge in [0.2, 0.25) is 11.0 Å². The lowest BCUT2D eigenvalue weighted by Gasteiger charge is -2.14. The Morgan fingerprint density at radius 1 is 0.971 bits per heavy atom. The van der Waals surface area contributed by atoms with Gasteiger partial charge in [0, 0.05) is 23.5 Å². The Morgan fingerprint density at radius 3 is 2.29 bits per heavy atom. The molecule has 8 nitrogen and oxygen atoms in total. The predicted octanol–water partition coefficient (Wildman–Crippen LogP) is 2.90. The maximum Gasteiger partial charge on any atom is 0.307 e. The Kier molecular flexibility index (Phi) is 6.05. The van der Waals surface area contributed by atoms with Gasteiger partial charge in [0.1, 0.15) is 22.7 Å². The summed E-state index contributed by atoms with van der Waals surface area (Å²) >= 11 is 0. The van der Waals surface area contributed by atoms with E-state index in [0.717, 1.165) is 18.2 Å². The van der Waals surface area contributed by atoms with Gasteiger partial charge in [-0.2, -0.15) is 0 Å². The van der Waals surface area contributed by atoms with Gasteiger partial charge in [-0.25, -0.2) is 8.78 Å². The number of aromatic nitrogens is 2. The Morgan fingerprint density at radius 2 is 1.65 bits per heavy atom. The number of H-pyrrole nitrogens is 1. The van der Waals surface area contributed by atoms with Crippen molar-refractivity contribution >= 4 is 28.6 Å². The second-order valence-corrected chi connectivity index (χ2v) is 7.50. The molecule has 0 saturated carbocycles. The van der Waals surface area contributed by atoms with E-state index < -0.39 is 34.5 Å². The normalized spacial score (nSPS) is 10.9. The van der Waals surface area contributed by atoms with Crippen molar-refractivity contribution < 1.29 is 23.5 Å². The molecule has 0 aliphatic rings. The fourth-order valence-electron chi connectivity index (χ4n) is 3.52. The molecule has 0 bridgehead atoms. The van der Waals surface area contributed by atoms with E-state index in [0.29, 0.717) is 11.3 Å². The van der Waals surface area contributed by atoms with Gasteiger partial charge in [0.25, 0.3) is 5.91 Å². The van der Waals surface area contributed by atoms with Gasteiger partial charge >= 0.3 is 5.97 Å². The summed E-state index contributed by atoms with van der Waals surface area (Å²) in [6.45, 7) is -0.342. The Labute approximate surface area is 190 Å². The fourth-order valence-corrected chi connectivity index (χ4v) is 3.52. The van der Waals surface area contributed by atoms with Crippen LogP contribution in [-0.2, 0) is 17.8 Å². The third-order valence-corrected chi connectivity index (χ3v) is 5.16. The van der Waals surface area contributed by atoms with E-state index in [1.807, 2.05) is 0 Å². The molecule has 0 fully saturated rings. The molecule has 2 aromatic heterocycles. The molecule has 0 atom stereocenters. The highest BCUT2D eigenvalue weighted by Gasteiger charge is 2.18. The number of nitrogens with zero attached hydrogens (tertiary/aromatic N) is 1. The number of hydrogen-bond donors (Lipinski definition) is 3. The van der Waals surface area contributed by atoms with Gasteiger partial charge < -0.3 is 20.0 Å². The molecule has 0 aliphatic heterocycles. The Balaban J connectivity index is 1.76. The number of fused-ring (bicyclic) bond motifs is 1. The molecule has 0 spiro atoms. The number of amides is 1. The number of aliphatic carboxylic acids is 1. The fraction of sp³-hybridized carbons (Fsp3) is 0.0833. The van der Waals surface area contributed by atoms with Crippen molar-refractivity contribution in [1.29, 1.82) is 0 Å². The number of carbonyl (C=O) groups excluding carboxylic acids is 1. The SMILES string of the molecule is O=C(O)Cc1ccc(NC(=O)c2cn(Cc3c(F)cccc3F)c3ccc(=O)[nH]c3c2=O)cc1. The van der Waals surface area contributed by atoms with Crippen LogP contribution in [0, 0.1) is 11.6 Å². The van der Waals surface area contributed by atoms with Crippen molar-refractivity contribution in [3.8, 4) is 0 Å². The highest BCUT2D eigenvalue weighted by atomic mass is 19.1. The quantitative estimate of drug-likeness (QED) is 0.404. The van der Waals surface area contributed by atoms with E-state index in [1.54, 1.807) is 0 Å². The van der Waals surface area contributed by atoms with Crippen molar-refractivity contribution in [3.05, 3.63) is 110 Å². The molecular weight excluding hydrogens is 448 g/mol. The van der Waals surface area contributed by atoms with Crippen LogP contribution in [0.4, 0.5) is 14.5 Å². The first-order valence-electron chi connectivity index (χ1n) is 10.0. The number of carboxylic acids is 1. The average molecular weight is 465 g/mol. The second-order valence-electron chi connectivity index (χ2n) is 7.50. The van der Waals surface area contributed by atoms with Crippen LogP contribution in [0.15, 0.2) is 70.4 Å². The first-order valence-corrected chi connectivity index (χ1v) is 10.0. The first kappa shape index (κ1) is 22.6. The van der Waals surface area contributed by atoms with Crippen LogP contribution in [0.2, 0.25) is 0 Å². The maximum atomic E-state index is 14.2. The lowest BCUT2D eigenvalue weighted by Crippen LogP contribution is -2.26. The van der Waals surface area contributed by atoms with E-state index in [-0.39, 0.29) is 35.1 Å². The number of carbonyl (C=O) groups is 2. The number of halogens is 2. The standard InChI is InChI=1S/C24H17F2N3O5/c25-17-2-1-3-18(26)15(17)11-29-12-16(23(33)22-19(29)8-9-20(30)28-22)24(34)27-14-6-4-13(5-7-14)10-21(31)32/h1-9,12H,10-11H2,(H,27,34)(H,28,30)(H,31,32). The van der Waals surface area contributed by atoms with Gasteiger partial charge in [-0.3, -0.25) is 19.2 Å². The molecule has 0 unspecified atom stereocenters. The molecule has 4 rings (SSSR count). The molecule has 34 heavy (non-hydrogen) atoms. The molecule has 3 N–H and O–H groups in total. The van der Waals surface area contributed by atoms with Gasteiger partial charge in [-0.05, 0) is 35.9 Å². The monoisotopic (exact) mass is 465 g/mol. The topological polar surface area (TPSA) is 121 Å². The number of aromatic amines is 1. The summed E-state index contributed by atoms with van der Waals surface area (Å²) < 4.78 is 29.8. The maximum absolute atomic E-state index is 14.2. The zero-order valence-corrected chi connectivity index (χ0v) is 17.5. The largest absolute Gasteiger partial charge is 0.481 e. The van der Waals surface area contributed by atoms with Crippen molar-refractivity contribution in [3.63, 3.8) is 0 Å². The van der Waals surface area contributed by atoms with Crippen LogP contribution in [-0.4, -0.2) is 26.5 Å². The smallest absolute Gasteiger partial charge is 0.307 e. The molecule has 2 heterocycles. The van der Waals surface area contributed by atoms with Gasteiger partial charge in [-0.1, -0.05) is 18.2 Å². The van der Waals surface area contributed by atoms with E-state index in [1.165, 1.54) is 47.2 Å². The predicted molar refractivity (Wildman–Crippen MR) is 120 cm³/mol. The highest BCUT2D eigenvalue weighted by molar-refractivity contribution is 6.05. The third-order valence-electron chi connectivity index (χ3n) is 5.16. The third kappa shape index (κ3) is 4.60. The first-order chi connectivity index (χ1) is 16.2. The van der Waals surface area contributed by atoms with Gasteiger partial charge in [0.05, 0.1) is 18.5 Å². The van der Waals surface area contributed by atoms with Crippen LogP contribution >= 0.6 is 0 Å². The van der Waals surface area contributed by atoms with Crippen LogP contribution in [0.25, 0.3) is 11.0 Å². The van der Waals surface area contributed by atoms with Crippen LogP contribution in [0.5, 0.6) is 0 Å². The zero-order chi connectivity index (χ0) is 24.4. The van der Waals surface area contributed by atoms with Crippen LogP contribution in [0.1, 0.15) is 21.5 Å². The van der Waals surface area contributed by atoms with Crippen LogP contribution < -0.4 is 16.3 Å². The van der Waals surface area contributed by atoms with E-state index in [9.17, 15) is 28.0 Å². The summed E-state index contributed by atoms with van der Waals surface area (Å²) in [5.74, 6) is -3.42. The number of carboxylic acid groups (broad SMARTS) is 1. The van der Waals surface area contributed by atoms with Gasteiger partial charge in [-0.15, -0.1) is 0 Å². The molecule has 0 saturated heterocycles. The lowest BCUT2D eigenvalue weighted by molar-refractivity contribution is -0.136. The van der Waals surface area contributed by atoms with Crippen molar-refractivity contribution in [2.24, 2.45) is 0 Å². The molecule has 0 radical (unpaired) electrons. The number of rotatable bonds is 6. The van der Waals surface area contributed by atoms with E-state index >= 15 is 0 Å². The summed E-state index contributed by atoms with van der Waals surface area (Å²) in [5, 5.41) is 11.4. The molecular formula is C24H17F2N3O5. The minimum atomic E-state index is -1.01. The number of benzene rings is 2. The average Bonchev–Trinajstić information content (AvgIpc) is 2.79. The summed E-state index contributed by atoms with van der Waals surface area (Å²) in [6.07, 6.45) is 0.979. The zero-order valence-electron chi connectivity index (χ0n) is 17.5. The lowest BCUT2D eigenvalue weighted by atomic mass is 10.1. The van der Waals surface area contributed by atoms with Crippen molar-refractivity contribution in [2.75, 3.05) is 5.32 Å². The minimum Gasteiger partial charge on any atom is -0.481 e. The van der Waals surface area contributed by atoms with Gasteiger partial charge in [0.15, 0.2) is 0 Å². The number of anilines is 1. The van der Waals surface area contributed by atoms with Crippen molar-refractivity contribution in [1.82, 2.24) is 9.55 Å². The van der Waals surface area contributed by atoms with Crippen molar-refractivity contribution in [2.45, 2.75) is 13.0 Å². The summed E-state index contributed by atoms with van der Waals surface area (Å²) in [7, 11) is 0. The minimum absolute atomic E-state index is 0.182. The Bertz CT molecular complexity index is 1520. The molecule has 2 aromatic carbocycles. The summed E-state index contributed by atoms with van der Waals surface area (Å²) in [4.78, 5) is 50.9. The molecule has 10 heteroatoms. The molecule has 172 valence electrons. The molecule has 4 aromatic rings. The number of hydrogen-bond acceptors (Lipinski definition) is 4. The highest BCUT2D eigenvalue weighted by Crippen LogP contribution is 2.18. The molecule has 0 aliphatic carbocycles. The molecule has 1 amide bonds. The van der Waals surface area contributed by atoms with E-state index in [4.69, 9.17) is 5.11 Å².